The van der Waals surface area contributed by atoms with Crippen LogP contribution in [0.1, 0.15) is 31.7 Å². The van der Waals surface area contributed by atoms with Crippen LogP contribution in [0.3, 0.4) is 0 Å². The van der Waals surface area contributed by atoms with Crippen LogP contribution in [0.4, 0.5) is 0 Å². The molecule has 0 aliphatic carbocycles. The highest BCUT2D eigenvalue weighted by Gasteiger charge is 2.28. The predicted octanol–water partition coefficient (Wildman–Crippen LogP) is 2.15. The molecule has 0 radical (unpaired) electrons. The lowest BCUT2D eigenvalue weighted by Gasteiger charge is -2.32. The van der Waals surface area contributed by atoms with Crippen molar-refractivity contribution in [2.24, 2.45) is 0 Å². The molecule has 1 saturated heterocycles. The zero-order chi connectivity index (χ0) is 10.7. The Labute approximate surface area is 90.8 Å². The molecule has 1 fully saturated rings. The highest BCUT2D eigenvalue weighted by molar-refractivity contribution is 5.15. The Morgan fingerprint density at radius 3 is 3.07 bits per heavy atom. The van der Waals surface area contributed by atoms with Gasteiger partial charge in [-0.15, -0.1) is 0 Å². The third kappa shape index (κ3) is 2.61. The van der Waals surface area contributed by atoms with Gasteiger partial charge >= 0.3 is 0 Å². The normalized spacial score (nSPS) is 27.1. The summed E-state index contributed by atoms with van der Waals surface area (Å²) in [7, 11) is 0. The van der Waals surface area contributed by atoms with Crippen LogP contribution in [0.25, 0.3) is 0 Å². The van der Waals surface area contributed by atoms with Gasteiger partial charge in [-0.1, -0.05) is 0 Å². The van der Waals surface area contributed by atoms with Gasteiger partial charge in [-0.2, -0.15) is 0 Å². The molecule has 84 valence electrons. The molecule has 1 N–H and O–H groups in total. The quantitative estimate of drug-likeness (QED) is 0.828. The molecule has 2 heterocycles. The Bertz CT molecular complexity index is 282. The van der Waals surface area contributed by atoms with E-state index in [1.165, 1.54) is 5.56 Å². The smallest absolute Gasteiger partial charge is 0.0938 e. The summed E-state index contributed by atoms with van der Waals surface area (Å²) < 4.78 is 11.1. The summed E-state index contributed by atoms with van der Waals surface area (Å²) in [6, 6.07) is 2.05. The number of furan rings is 1. The van der Waals surface area contributed by atoms with Gasteiger partial charge in [-0.25, -0.2) is 0 Å². The Kier molecular flexibility index (Phi) is 3.44. The number of hydrogen-bond donors (Lipinski definition) is 1. The van der Waals surface area contributed by atoms with Gasteiger partial charge in [-0.05, 0) is 38.4 Å². The standard InChI is InChI=1S/C12H19NO2/c1-9(2)15-12-7-13-5-3-11(12)10-4-6-14-8-10/h4,6,8-9,11-13H,3,5,7H2,1-2H3. The number of rotatable bonds is 3. The Hall–Kier alpha value is -0.800. The van der Waals surface area contributed by atoms with Gasteiger partial charge in [0.1, 0.15) is 0 Å². The van der Waals surface area contributed by atoms with Crippen LogP contribution >= 0.6 is 0 Å². The van der Waals surface area contributed by atoms with Crippen molar-refractivity contribution in [3.05, 3.63) is 24.2 Å². The maximum Gasteiger partial charge on any atom is 0.0938 e. The zero-order valence-electron chi connectivity index (χ0n) is 9.40. The second-order valence-electron chi connectivity index (χ2n) is 4.38. The fourth-order valence-corrected chi connectivity index (χ4v) is 2.19. The SMILES string of the molecule is CC(C)OC1CNCCC1c1ccoc1. The predicted molar refractivity (Wildman–Crippen MR) is 58.9 cm³/mol. The van der Waals surface area contributed by atoms with Crippen molar-refractivity contribution >= 4 is 0 Å². The van der Waals surface area contributed by atoms with Gasteiger partial charge in [0.25, 0.3) is 0 Å². The fraction of sp³-hybridized carbons (Fsp3) is 0.667. The molecule has 2 unspecified atom stereocenters. The molecule has 1 aliphatic heterocycles. The summed E-state index contributed by atoms with van der Waals surface area (Å²) in [5.41, 5.74) is 1.27. The van der Waals surface area contributed by atoms with Gasteiger partial charge in [-0.3, -0.25) is 0 Å². The molecule has 1 aromatic rings. The molecule has 1 aliphatic rings. The third-order valence-corrected chi connectivity index (χ3v) is 2.84. The van der Waals surface area contributed by atoms with Crippen LogP contribution < -0.4 is 5.32 Å². The summed E-state index contributed by atoms with van der Waals surface area (Å²) in [5.74, 6) is 0.479. The van der Waals surface area contributed by atoms with E-state index in [0.717, 1.165) is 19.5 Å². The van der Waals surface area contributed by atoms with Crippen molar-refractivity contribution in [1.29, 1.82) is 0 Å². The molecule has 0 amide bonds. The van der Waals surface area contributed by atoms with Gasteiger partial charge in [0, 0.05) is 12.5 Å². The van der Waals surface area contributed by atoms with Crippen molar-refractivity contribution in [3.8, 4) is 0 Å². The highest BCUT2D eigenvalue weighted by Crippen LogP contribution is 2.28. The van der Waals surface area contributed by atoms with E-state index in [-0.39, 0.29) is 12.2 Å². The number of ether oxygens (including phenoxy) is 1. The van der Waals surface area contributed by atoms with Gasteiger partial charge in [0.05, 0.1) is 24.7 Å². The Balaban J connectivity index is 2.06. The fourth-order valence-electron chi connectivity index (χ4n) is 2.19. The summed E-state index contributed by atoms with van der Waals surface area (Å²) in [6.07, 6.45) is 5.26. The van der Waals surface area contributed by atoms with E-state index >= 15 is 0 Å². The minimum atomic E-state index is 0.274. The molecule has 3 heteroatoms. The van der Waals surface area contributed by atoms with Gasteiger partial charge < -0.3 is 14.5 Å². The topological polar surface area (TPSA) is 34.4 Å². The average Bonchev–Trinajstić information content (AvgIpc) is 2.70. The minimum Gasteiger partial charge on any atom is -0.472 e. The maximum atomic E-state index is 5.92. The first-order valence-corrected chi connectivity index (χ1v) is 5.65. The highest BCUT2D eigenvalue weighted by atomic mass is 16.5. The molecular weight excluding hydrogens is 190 g/mol. The molecule has 0 spiro atoms. The number of nitrogens with one attached hydrogen (secondary N) is 1. The summed E-state index contributed by atoms with van der Waals surface area (Å²) in [6.45, 7) is 6.17. The Morgan fingerprint density at radius 2 is 2.40 bits per heavy atom. The second-order valence-corrected chi connectivity index (χ2v) is 4.38. The average molecular weight is 209 g/mol. The Morgan fingerprint density at radius 1 is 1.53 bits per heavy atom. The molecule has 1 aromatic heterocycles. The van der Waals surface area contributed by atoms with Crippen LogP contribution in [0, 0.1) is 0 Å². The van der Waals surface area contributed by atoms with Crippen LogP contribution in [-0.4, -0.2) is 25.3 Å². The summed E-state index contributed by atoms with van der Waals surface area (Å²) in [5, 5.41) is 3.38. The van der Waals surface area contributed by atoms with Gasteiger partial charge in [0.15, 0.2) is 0 Å². The lowest BCUT2D eigenvalue weighted by atomic mass is 9.89. The van der Waals surface area contributed by atoms with Crippen molar-refractivity contribution in [1.82, 2.24) is 5.32 Å². The molecule has 2 atom stereocenters. The first kappa shape index (κ1) is 10.7. The summed E-state index contributed by atoms with van der Waals surface area (Å²) in [4.78, 5) is 0. The number of piperidine rings is 1. The van der Waals surface area contributed by atoms with Crippen LogP contribution in [0.15, 0.2) is 23.0 Å². The van der Waals surface area contributed by atoms with E-state index < -0.39 is 0 Å². The maximum absolute atomic E-state index is 5.92. The zero-order valence-corrected chi connectivity index (χ0v) is 9.40. The van der Waals surface area contributed by atoms with Crippen molar-refractivity contribution in [3.63, 3.8) is 0 Å². The van der Waals surface area contributed by atoms with Crippen LogP contribution in [0.2, 0.25) is 0 Å². The van der Waals surface area contributed by atoms with Crippen molar-refractivity contribution in [2.45, 2.75) is 38.4 Å². The molecule has 3 nitrogen and oxygen atoms in total. The van der Waals surface area contributed by atoms with E-state index in [0.29, 0.717) is 5.92 Å². The van der Waals surface area contributed by atoms with E-state index in [9.17, 15) is 0 Å². The molecule has 2 rings (SSSR count). The number of hydrogen-bond acceptors (Lipinski definition) is 3. The van der Waals surface area contributed by atoms with Gasteiger partial charge in [0.2, 0.25) is 0 Å². The lowest BCUT2D eigenvalue weighted by Crippen LogP contribution is -2.42. The first-order chi connectivity index (χ1) is 7.27. The molecular formula is C12H19NO2. The first-order valence-electron chi connectivity index (χ1n) is 5.65. The van der Waals surface area contributed by atoms with Crippen molar-refractivity contribution in [2.75, 3.05) is 13.1 Å². The monoisotopic (exact) mass is 209 g/mol. The van der Waals surface area contributed by atoms with Crippen LogP contribution in [-0.2, 0) is 4.74 Å². The third-order valence-electron chi connectivity index (χ3n) is 2.84. The van der Waals surface area contributed by atoms with E-state index in [4.69, 9.17) is 9.15 Å². The molecule has 15 heavy (non-hydrogen) atoms. The van der Waals surface area contributed by atoms with E-state index in [2.05, 4.69) is 19.2 Å². The van der Waals surface area contributed by atoms with Crippen LogP contribution in [0.5, 0.6) is 0 Å². The summed E-state index contributed by atoms with van der Waals surface area (Å²) >= 11 is 0. The minimum absolute atomic E-state index is 0.274. The molecule has 0 bridgehead atoms. The molecule has 0 saturated carbocycles. The molecule has 0 aromatic carbocycles. The van der Waals surface area contributed by atoms with Crippen molar-refractivity contribution < 1.29 is 9.15 Å². The second kappa shape index (κ2) is 4.81. The van der Waals surface area contributed by atoms with E-state index in [1.807, 2.05) is 12.3 Å². The lowest BCUT2D eigenvalue weighted by molar-refractivity contribution is -0.0171. The largest absolute Gasteiger partial charge is 0.472 e. The van der Waals surface area contributed by atoms with E-state index in [1.54, 1.807) is 6.26 Å².